The Hall–Kier alpha value is -2.71. The summed E-state index contributed by atoms with van der Waals surface area (Å²) >= 11 is 0. The maximum atomic E-state index is 6.46. The third kappa shape index (κ3) is 2.33. The van der Waals surface area contributed by atoms with Crippen LogP contribution in [-0.2, 0) is 16.9 Å². The summed E-state index contributed by atoms with van der Waals surface area (Å²) in [5, 5.41) is 0. The molecule has 2 heteroatoms. The van der Waals surface area contributed by atoms with Crippen molar-refractivity contribution in [3.63, 3.8) is 0 Å². The van der Waals surface area contributed by atoms with Crippen molar-refractivity contribution in [2.45, 2.75) is 25.1 Å². The molecular formula is C24H22NO+. The molecule has 0 radical (unpaired) electrons. The zero-order chi connectivity index (χ0) is 17.6. The second-order valence-corrected chi connectivity index (χ2v) is 7.31. The summed E-state index contributed by atoms with van der Waals surface area (Å²) in [6.45, 7) is 2.94. The van der Waals surface area contributed by atoms with Gasteiger partial charge in [-0.25, -0.2) is 0 Å². The van der Waals surface area contributed by atoms with Crippen molar-refractivity contribution >= 4 is 6.21 Å². The summed E-state index contributed by atoms with van der Waals surface area (Å²) < 4.78 is 8.90. The molecule has 3 aromatic rings. The summed E-state index contributed by atoms with van der Waals surface area (Å²) in [4.78, 5) is 0. The van der Waals surface area contributed by atoms with Crippen molar-refractivity contribution < 1.29 is 9.31 Å². The SMILES string of the molecule is C[C@@]12OC[C@@H](Cc3ccccc3)[N+]1=Cc1ccccc1-c1ccccc12. The van der Waals surface area contributed by atoms with Crippen molar-refractivity contribution in [2.75, 3.05) is 6.61 Å². The van der Waals surface area contributed by atoms with Crippen LogP contribution in [0.5, 0.6) is 0 Å². The van der Waals surface area contributed by atoms with Crippen LogP contribution in [0.1, 0.15) is 23.6 Å². The van der Waals surface area contributed by atoms with E-state index in [-0.39, 0.29) is 0 Å². The third-order valence-corrected chi connectivity index (χ3v) is 5.71. The zero-order valence-electron chi connectivity index (χ0n) is 14.9. The lowest BCUT2D eigenvalue weighted by molar-refractivity contribution is -0.646. The minimum absolute atomic E-state index is 0.321. The summed E-state index contributed by atoms with van der Waals surface area (Å²) in [5.41, 5.74) is 5.97. The monoisotopic (exact) mass is 340 g/mol. The lowest BCUT2D eigenvalue weighted by atomic mass is 9.92. The lowest BCUT2D eigenvalue weighted by Gasteiger charge is -2.22. The van der Waals surface area contributed by atoms with Gasteiger partial charge in [-0.1, -0.05) is 66.7 Å². The number of fused-ring (bicyclic) bond motifs is 5. The number of benzene rings is 3. The fraction of sp³-hybridized carbons (Fsp3) is 0.208. The highest BCUT2D eigenvalue weighted by atomic mass is 16.5. The van der Waals surface area contributed by atoms with Crippen LogP contribution in [0, 0.1) is 0 Å². The number of nitrogens with zero attached hydrogens (tertiary/aromatic N) is 1. The Balaban J connectivity index is 1.67. The van der Waals surface area contributed by atoms with Crippen molar-refractivity contribution in [2.24, 2.45) is 0 Å². The average Bonchev–Trinajstić information content (AvgIpc) is 2.94. The van der Waals surface area contributed by atoms with Crippen LogP contribution >= 0.6 is 0 Å². The highest BCUT2D eigenvalue weighted by Crippen LogP contribution is 2.42. The number of hydrogen-bond donors (Lipinski definition) is 0. The van der Waals surface area contributed by atoms with E-state index >= 15 is 0 Å². The number of hydrogen-bond acceptors (Lipinski definition) is 1. The first-order valence-corrected chi connectivity index (χ1v) is 9.26. The predicted octanol–water partition coefficient (Wildman–Crippen LogP) is 4.61. The Bertz CT molecular complexity index is 992. The molecule has 0 bridgehead atoms. The Morgan fingerprint density at radius 1 is 0.885 bits per heavy atom. The first-order chi connectivity index (χ1) is 12.8. The minimum Gasteiger partial charge on any atom is -0.308 e. The van der Waals surface area contributed by atoms with E-state index in [0.29, 0.717) is 6.04 Å². The average molecular weight is 340 g/mol. The topological polar surface area (TPSA) is 12.2 Å². The number of ether oxygens (including phenoxy) is 1. The van der Waals surface area contributed by atoms with Crippen molar-refractivity contribution in [1.82, 2.24) is 0 Å². The quantitative estimate of drug-likeness (QED) is 0.620. The Morgan fingerprint density at radius 3 is 2.42 bits per heavy atom. The molecular weight excluding hydrogens is 318 g/mol. The highest BCUT2D eigenvalue weighted by molar-refractivity contribution is 5.90. The molecule has 2 heterocycles. The predicted molar refractivity (Wildman–Crippen MR) is 105 cm³/mol. The van der Waals surface area contributed by atoms with Crippen LogP contribution in [0.3, 0.4) is 0 Å². The summed E-state index contributed by atoms with van der Waals surface area (Å²) in [6.07, 6.45) is 3.28. The minimum atomic E-state index is -0.435. The van der Waals surface area contributed by atoms with Crippen LogP contribution in [-0.4, -0.2) is 23.4 Å². The Morgan fingerprint density at radius 2 is 1.58 bits per heavy atom. The van der Waals surface area contributed by atoms with Crippen molar-refractivity contribution in [3.05, 3.63) is 95.6 Å². The lowest BCUT2D eigenvalue weighted by Crippen LogP contribution is -2.37. The second kappa shape index (κ2) is 5.93. The molecule has 26 heavy (non-hydrogen) atoms. The van der Waals surface area contributed by atoms with Gasteiger partial charge in [0.2, 0.25) is 0 Å². The van der Waals surface area contributed by atoms with E-state index in [0.717, 1.165) is 13.0 Å². The van der Waals surface area contributed by atoms with Gasteiger partial charge in [0.1, 0.15) is 6.61 Å². The van der Waals surface area contributed by atoms with E-state index in [2.05, 4.69) is 96.6 Å². The highest BCUT2D eigenvalue weighted by Gasteiger charge is 2.52. The zero-order valence-corrected chi connectivity index (χ0v) is 14.9. The molecule has 2 nitrogen and oxygen atoms in total. The maximum Gasteiger partial charge on any atom is 0.292 e. The van der Waals surface area contributed by atoms with Gasteiger partial charge in [-0.15, -0.1) is 0 Å². The largest absolute Gasteiger partial charge is 0.308 e. The van der Waals surface area contributed by atoms with Gasteiger partial charge >= 0.3 is 0 Å². The molecule has 0 aromatic heterocycles. The fourth-order valence-corrected chi connectivity index (χ4v) is 4.38. The van der Waals surface area contributed by atoms with Crippen LogP contribution in [0.25, 0.3) is 11.1 Å². The van der Waals surface area contributed by atoms with Gasteiger partial charge < -0.3 is 4.74 Å². The Kier molecular flexibility index (Phi) is 3.54. The van der Waals surface area contributed by atoms with Crippen LogP contribution in [0.4, 0.5) is 0 Å². The molecule has 0 saturated carbocycles. The molecule has 0 amide bonds. The van der Waals surface area contributed by atoms with E-state index in [1.807, 2.05) is 0 Å². The van der Waals surface area contributed by atoms with Crippen molar-refractivity contribution in [1.29, 1.82) is 0 Å². The van der Waals surface area contributed by atoms with Gasteiger partial charge in [0.05, 0.1) is 5.56 Å². The fourth-order valence-electron chi connectivity index (χ4n) is 4.38. The van der Waals surface area contributed by atoms with Crippen molar-refractivity contribution in [3.8, 4) is 11.1 Å². The second-order valence-electron chi connectivity index (χ2n) is 7.31. The summed E-state index contributed by atoms with van der Waals surface area (Å²) in [5.74, 6) is 0. The third-order valence-electron chi connectivity index (χ3n) is 5.71. The van der Waals surface area contributed by atoms with Crippen LogP contribution in [0.2, 0.25) is 0 Å². The molecule has 0 N–H and O–H groups in total. The van der Waals surface area contributed by atoms with E-state index < -0.39 is 5.72 Å². The van der Waals surface area contributed by atoms with E-state index in [1.165, 1.54) is 27.8 Å². The molecule has 128 valence electrons. The van der Waals surface area contributed by atoms with Gasteiger partial charge in [-0.05, 0) is 28.8 Å². The summed E-state index contributed by atoms with van der Waals surface area (Å²) in [6, 6.07) is 28.3. The van der Waals surface area contributed by atoms with Crippen LogP contribution in [0.15, 0.2) is 78.9 Å². The smallest absolute Gasteiger partial charge is 0.292 e. The normalized spacial score (nSPS) is 23.4. The molecule has 2 atom stereocenters. The van der Waals surface area contributed by atoms with Gasteiger partial charge in [-0.2, -0.15) is 4.58 Å². The summed E-state index contributed by atoms with van der Waals surface area (Å²) in [7, 11) is 0. The standard InChI is InChI=1S/C24H22NO/c1-24-23-14-8-7-13-22(23)21-12-6-5-11-19(21)16-25(24)20(17-26-24)15-18-9-3-2-4-10-18/h2-14,16,20H,15,17H2,1H3/q+1/t20-,24+/m1/s1. The van der Waals surface area contributed by atoms with Gasteiger partial charge in [0, 0.05) is 18.9 Å². The first-order valence-electron chi connectivity index (χ1n) is 9.26. The molecule has 2 aliphatic heterocycles. The van der Waals surface area contributed by atoms with E-state index in [1.54, 1.807) is 0 Å². The molecule has 3 aromatic carbocycles. The molecule has 0 unspecified atom stereocenters. The molecule has 0 aliphatic carbocycles. The maximum absolute atomic E-state index is 6.46. The number of rotatable bonds is 2. The molecule has 2 aliphatic rings. The Labute approximate surface area is 154 Å². The van der Waals surface area contributed by atoms with Gasteiger partial charge in [0.15, 0.2) is 12.3 Å². The van der Waals surface area contributed by atoms with Gasteiger partial charge in [-0.3, -0.25) is 0 Å². The molecule has 1 fully saturated rings. The molecule has 5 rings (SSSR count). The molecule has 1 saturated heterocycles. The van der Waals surface area contributed by atoms with Gasteiger partial charge in [0.25, 0.3) is 5.72 Å². The van der Waals surface area contributed by atoms with Crippen LogP contribution < -0.4 is 0 Å². The first kappa shape index (κ1) is 15.5. The molecule has 0 spiro atoms. The van der Waals surface area contributed by atoms with E-state index in [9.17, 15) is 0 Å². The van der Waals surface area contributed by atoms with E-state index in [4.69, 9.17) is 4.74 Å².